The van der Waals surface area contributed by atoms with Crippen LogP contribution in [0.25, 0.3) is 10.9 Å². The molecule has 94 valence electrons. The van der Waals surface area contributed by atoms with Crippen molar-refractivity contribution in [2.45, 2.75) is 13.8 Å². The lowest BCUT2D eigenvalue weighted by molar-refractivity contribution is 0.426. The average molecular weight is 241 g/mol. The zero-order valence-electron chi connectivity index (χ0n) is 10.9. The number of fused-ring (bicyclic) bond motifs is 3. The molecule has 1 aromatic heterocycles. The van der Waals surface area contributed by atoms with Crippen molar-refractivity contribution in [2.75, 3.05) is 23.7 Å². The SMILES string of the molecule is CC(C)C1CNc2cnc3ccccc3c2NC1. The summed E-state index contributed by atoms with van der Waals surface area (Å²) < 4.78 is 0. The molecule has 0 bridgehead atoms. The normalized spacial score (nSPS) is 18.9. The molecule has 1 atom stereocenters. The van der Waals surface area contributed by atoms with E-state index in [1.807, 2.05) is 12.3 Å². The van der Waals surface area contributed by atoms with Crippen molar-refractivity contribution in [3.8, 4) is 0 Å². The standard InChI is InChI=1S/C15H19N3/c1-10(2)11-7-16-14-9-17-13-6-4-3-5-12(13)15(14)18-8-11/h3-6,9-11,16,18H,7-8H2,1-2H3. The number of rotatable bonds is 1. The second-order valence-electron chi connectivity index (χ2n) is 5.33. The monoisotopic (exact) mass is 241 g/mol. The van der Waals surface area contributed by atoms with Crippen LogP contribution in [0.5, 0.6) is 0 Å². The molecule has 3 nitrogen and oxygen atoms in total. The third-order valence-electron chi connectivity index (χ3n) is 3.81. The molecule has 0 saturated heterocycles. The smallest absolute Gasteiger partial charge is 0.0769 e. The van der Waals surface area contributed by atoms with Gasteiger partial charge in [0.2, 0.25) is 0 Å². The molecule has 1 aromatic carbocycles. The second-order valence-corrected chi connectivity index (χ2v) is 5.33. The maximum Gasteiger partial charge on any atom is 0.0769 e. The van der Waals surface area contributed by atoms with Crippen molar-refractivity contribution in [3.63, 3.8) is 0 Å². The van der Waals surface area contributed by atoms with Crippen molar-refractivity contribution in [1.82, 2.24) is 4.98 Å². The van der Waals surface area contributed by atoms with Crippen LogP contribution in [-0.4, -0.2) is 18.1 Å². The van der Waals surface area contributed by atoms with E-state index in [0.29, 0.717) is 11.8 Å². The van der Waals surface area contributed by atoms with Gasteiger partial charge < -0.3 is 10.6 Å². The maximum absolute atomic E-state index is 4.50. The molecule has 0 saturated carbocycles. The first kappa shape index (κ1) is 11.3. The highest BCUT2D eigenvalue weighted by Gasteiger charge is 2.19. The molecule has 2 heterocycles. The third kappa shape index (κ3) is 1.90. The summed E-state index contributed by atoms with van der Waals surface area (Å²) in [7, 11) is 0. The van der Waals surface area contributed by atoms with Gasteiger partial charge in [-0.25, -0.2) is 0 Å². The lowest BCUT2D eigenvalue weighted by Crippen LogP contribution is -2.23. The highest BCUT2D eigenvalue weighted by Crippen LogP contribution is 2.32. The lowest BCUT2D eigenvalue weighted by Gasteiger charge is -2.18. The average Bonchev–Trinajstić information content (AvgIpc) is 2.61. The number of anilines is 2. The van der Waals surface area contributed by atoms with Crippen molar-refractivity contribution in [2.24, 2.45) is 11.8 Å². The number of nitrogens with zero attached hydrogens (tertiary/aromatic N) is 1. The Bertz CT molecular complexity index is 563. The van der Waals surface area contributed by atoms with Gasteiger partial charge in [-0.05, 0) is 17.9 Å². The van der Waals surface area contributed by atoms with E-state index in [0.717, 1.165) is 24.3 Å². The summed E-state index contributed by atoms with van der Waals surface area (Å²) in [5.41, 5.74) is 3.37. The van der Waals surface area contributed by atoms with E-state index in [-0.39, 0.29) is 0 Å². The Morgan fingerprint density at radius 3 is 2.78 bits per heavy atom. The van der Waals surface area contributed by atoms with E-state index >= 15 is 0 Å². The topological polar surface area (TPSA) is 37.0 Å². The molecule has 1 aliphatic rings. The number of benzene rings is 1. The predicted molar refractivity (Wildman–Crippen MR) is 77.1 cm³/mol. The fourth-order valence-electron chi connectivity index (χ4n) is 2.48. The summed E-state index contributed by atoms with van der Waals surface area (Å²) in [6.45, 7) is 6.59. The van der Waals surface area contributed by atoms with Crippen molar-refractivity contribution in [3.05, 3.63) is 30.5 Å². The van der Waals surface area contributed by atoms with Gasteiger partial charge in [0.25, 0.3) is 0 Å². The molecular formula is C15H19N3. The summed E-state index contributed by atoms with van der Waals surface area (Å²) in [5.74, 6) is 1.33. The van der Waals surface area contributed by atoms with Crippen LogP contribution in [0.2, 0.25) is 0 Å². The Hall–Kier alpha value is -1.77. The van der Waals surface area contributed by atoms with Gasteiger partial charge in [-0.3, -0.25) is 4.98 Å². The molecule has 0 radical (unpaired) electrons. The van der Waals surface area contributed by atoms with E-state index in [9.17, 15) is 0 Å². The molecule has 18 heavy (non-hydrogen) atoms. The predicted octanol–water partition coefficient (Wildman–Crippen LogP) is 3.34. The minimum atomic E-state index is 0.649. The van der Waals surface area contributed by atoms with E-state index in [1.165, 1.54) is 11.1 Å². The zero-order valence-corrected chi connectivity index (χ0v) is 10.9. The van der Waals surface area contributed by atoms with Gasteiger partial charge in [-0.1, -0.05) is 32.0 Å². The maximum atomic E-state index is 4.50. The molecule has 1 unspecified atom stereocenters. The summed E-state index contributed by atoms with van der Waals surface area (Å²) in [6, 6.07) is 8.28. The van der Waals surface area contributed by atoms with Crippen LogP contribution < -0.4 is 10.6 Å². The Kier molecular flexibility index (Phi) is 2.82. The van der Waals surface area contributed by atoms with Gasteiger partial charge in [0.1, 0.15) is 0 Å². The van der Waals surface area contributed by atoms with Gasteiger partial charge in [0.05, 0.1) is 23.1 Å². The summed E-state index contributed by atoms with van der Waals surface area (Å²) in [6.07, 6.45) is 1.94. The van der Waals surface area contributed by atoms with Crippen molar-refractivity contribution in [1.29, 1.82) is 0 Å². The Morgan fingerprint density at radius 1 is 1.17 bits per heavy atom. The minimum Gasteiger partial charge on any atom is -0.382 e. The molecule has 3 heteroatoms. The number of hydrogen-bond donors (Lipinski definition) is 2. The largest absolute Gasteiger partial charge is 0.382 e. The number of nitrogens with one attached hydrogen (secondary N) is 2. The van der Waals surface area contributed by atoms with Gasteiger partial charge in [-0.15, -0.1) is 0 Å². The number of hydrogen-bond acceptors (Lipinski definition) is 3. The first-order valence-electron chi connectivity index (χ1n) is 6.61. The van der Waals surface area contributed by atoms with Gasteiger partial charge in [0, 0.05) is 18.5 Å². The van der Waals surface area contributed by atoms with E-state index in [4.69, 9.17) is 0 Å². The number of aromatic nitrogens is 1. The quantitative estimate of drug-likeness (QED) is 0.804. The summed E-state index contributed by atoms with van der Waals surface area (Å²) in [5, 5.41) is 8.32. The molecule has 0 spiro atoms. The van der Waals surface area contributed by atoms with E-state index in [1.54, 1.807) is 0 Å². The van der Waals surface area contributed by atoms with Crippen molar-refractivity contribution < 1.29 is 0 Å². The molecular weight excluding hydrogens is 222 g/mol. The second kappa shape index (κ2) is 4.48. The Morgan fingerprint density at radius 2 is 1.94 bits per heavy atom. The van der Waals surface area contributed by atoms with Crippen LogP contribution in [0.4, 0.5) is 11.4 Å². The fourth-order valence-corrected chi connectivity index (χ4v) is 2.48. The molecule has 3 rings (SSSR count). The number of pyridine rings is 1. The Labute approximate surface area is 108 Å². The molecule has 2 aromatic rings. The molecule has 0 fully saturated rings. The highest BCUT2D eigenvalue weighted by atomic mass is 15.0. The molecule has 1 aliphatic heterocycles. The Balaban J connectivity index is 2.03. The minimum absolute atomic E-state index is 0.649. The molecule has 0 amide bonds. The van der Waals surface area contributed by atoms with E-state index in [2.05, 4.69) is 47.7 Å². The first-order valence-corrected chi connectivity index (χ1v) is 6.61. The summed E-state index contributed by atoms with van der Waals surface area (Å²) in [4.78, 5) is 4.50. The van der Waals surface area contributed by atoms with E-state index < -0.39 is 0 Å². The van der Waals surface area contributed by atoms with Crippen LogP contribution >= 0.6 is 0 Å². The third-order valence-corrected chi connectivity index (χ3v) is 3.81. The van der Waals surface area contributed by atoms with Crippen LogP contribution in [0.1, 0.15) is 13.8 Å². The van der Waals surface area contributed by atoms with Crippen molar-refractivity contribution >= 4 is 22.3 Å². The number of para-hydroxylation sites is 1. The van der Waals surface area contributed by atoms with Crippen LogP contribution in [0, 0.1) is 11.8 Å². The highest BCUT2D eigenvalue weighted by molar-refractivity contribution is 5.97. The molecule has 0 aliphatic carbocycles. The van der Waals surface area contributed by atoms with Crippen LogP contribution in [-0.2, 0) is 0 Å². The van der Waals surface area contributed by atoms with Gasteiger partial charge in [0.15, 0.2) is 0 Å². The molecule has 2 N–H and O–H groups in total. The fraction of sp³-hybridized carbons (Fsp3) is 0.400. The van der Waals surface area contributed by atoms with Gasteiger partial charge in [-0.2, -0.15) is 0 Å². The first-order chi connectivity index (χ1) is 8.75. The lowest BCUT2D eigenvalue weighted by atomic mass is 9.96. The van der Waals surface area contributed by atoms with Crippen LogP contribution in [0.15, 0.2) is 30.5 Å². The van der Waals surface area contributed by atoms with Crippen LogP contribution in [0.3, 0.4) is 0 Å². The summed E-state index contributed by atoms with van der Waals surface area (Å²) >= 11 is 0. The van der Waals surface area contributed by atoms with Gasteiger partial charge >= 0.3 is 0 Å². The zero-order chi connectivity index (χ0) is 12.5.